The number of benzene rings is 2. The highest BCUT2D eigenvalue weighted by atomic mass is 35.5. The Morgan fingerprint density at radius 3 is 2.39 bits per heavy atom. The predicted octanol–water partition coefficient (Wildman–Crippen LogP) is 5.17. The molecule has 0 bridgehead atoms. The summed E-state index contributed by atoms with van der Waals surface area (Å²) >= 11 is 6.06. The van der Waals surface area contributed by atoms with E-state index in [1.54, 1.807) is 18.2 Å². The highest BCUT2D eigenvalue weighted by molar-refractivity contribution is 6.30. The van der Waals surface area contributed by atoms with E-state index in [9.17, 15) is 5.11 Å². The Hall–Kier alpha value is -1.97. The molecular weight excluding hydrogens is 310 g/mol. The van der Waals surface area contributed by atoms with Gasteiger partial charge >= 0.3 is 0 Å². The number of aromatic hydroxyl groups is 1. The van der Waals surface area contributed by atoms with E-state index in [0.717, 1.165) is 30.4 Å². The van der Waals surface area contributed by atoms with Crippen molar-refractivity contribution in [3.05, 3.63) is 64.2 Å². The molecule has 0 aliphatic carbocycles. The number of aryl methyl sites for hydroxylation is 1. The van der Waals surface area contributed by atoms with Gasteiger partial charge in [-0.15, -0.1) is 0 Å². The molecule has 0 spiro atoms. The van der Waals surface area contributed by atoms with Gasteiger partial charge in [-0.2, -0.15) is 5.90 Å². The van der Waals surface area contributed by atoms with Gasteiger partial charge in [-0.05, 0) is 42.2 Å². The molecule has 2 rings (SSSR count). The van der Waals surface area contributed by atoms with Gasteiger partial charge in [-0.1, -0.05) is 56.1 Å². The average molecular weight is 332 g/mol. The van der Waals surface area contributed by atoms with E-state index >= 15 is 0 Å². The van der Waals surface area contributed by atoms with Crippen molar-refractivity contribution in [3.63, 3.8) is 0 Å². The fourth-order valence-electron chi connectivity index (χ4n) is 2.57. The number of phenols is 1. The number of nitrogens with two attached hydrogens (primary N) is 1. The summed E-state index contributed by atoms with van der Waals surface area (Å²) in [6.45, 7) is 4.21. The molecule has 0 aromatic heterocycles. The quantitative estimate of drug-likeness (QED) is 0.436. The van der Waals surface area contributed by atoms with Crippen molar-refractivity contribution in [2.24, 2.45) is 5.90 Å². The van der Waals surface area contributed by atoms with Crippen molar-refractivity contribution < 1.29 is 9.94 Å². The summed E-state index contributed by atoms with van der Waals surface area (Å²) in [6.07, 6.45) is 2.70. The van der Waals surface area contributed by atoms with Crippen LogP contribution in [0.1, 0.15) is 43.4 Å². The van der Waals surface area contributed by atoms with Crippen LogP contribution in [0.2, 0.25) is 5.02 Å². The fourth-order valence-corrected chi connectivity index (χ4v) is 2.74. The summed E-state index contributed by atoms with van der Waals surface area (Å²) in [6, 6.07) is 13.1. The zero-order valence-electron chi connectivity index (χ0n) is 13.5. The average Bonchev–Trinajstić information content (AvgIpc) is 2.58. The molecule has 0 aliphatic heterocycles. The predicted molar refractivity (Wildman–Crippen MR) is 95.9 cm³/mol. The summed E-state index contributed by atoms with van der Waals surface area (Å²) in [7, 11) is 0. The molecule has 23 heavy (non-hydrogen) atoms. The van der Waals surface area contributed by atoms with Gasteiger partial charge in [0.2, 0.25) is 0 Å². The molecule has 2 aromatic carbocycles. The van der Waals surface area contributed by atoms with Crippen LogP contribution in [-0.2, 0) is 11.3 Å². The fraction of sp³-hybridized carbons (Fsp3) is 0.263. The lowest BCUT2D eigenvalue weighted by molar-refractivity contribution is 0.289. The van der Waals surface area contributed by atoms with Crippen LogP contribution in [0.4, 0.5) is 0 Å². The van der Waals surface area contributed by atoms with E-state index in [-0.39, 0.29) is 5.75 Å². The smallest absolute Gasteiger partial charge is 0.161 e. The van der Waals surface area contributed by atoms with Gasteiger partial charge in [-0.3, -0.25) is 0 Å². The van der Waals surface area contributed by atoms with Crippen LogP contribution < -0.4 is 5.90 Å². The van der Waals surface area contributed by atoms with E-state index in [1.165, 1.54) is 5.56 Å². The summed E-state index contributed by atoms with van der Waals surface area (Å²) < 4.78 is 0. The Morgan fingerprint density at radius 1 is 1.13 bits per heavy atom. The first kappa shape index (κ1) is 17.4. The summed E-state index contributed by atoms with van der Waals surface area (Å²) in [5.74, 6) is 6.08. The zero-order chi connectivity index (χ0) is 16.8. The number of rotatable bonds is 6. The summed E-state index contributed by atoms with van der Waals surface area (Å²) in [5, 5.41) is 10.7. The SMILES string of the molecule is CCC/C(=C(\ON)c1cc(Cl)ccc1O)c1ccc(CC)cc1. The Bertz CT molecular complexity index is 693. The van der Waals surface area contributed by atoms with Crippen LogP contribution in [0, 0.1) is 0 Å². The second-order valence-corrected chi connectivity index (χ2v) is 5.82. The van der Waals surface area contributed by atoms with Crippen molar-refractivity contribution in [1.82, 2.24) is 0 Å². The first-order valence-corrected chi connectivity index (χ1v) is 8.16. The Labute approximate surface area is 142 Å². The van der Waals surface area contributed by atoms with E-state index in [1.807, 2.05) is 0 Å². The number of hydrogen-bond donors (Lipinski definition) is 2. The third-order valence-electron chi connectivity index (χ3n) is 3.81. The molecule has 3 nitrogen and oxygen atoms in total. The Morgan fingerprint density at radius 2 is 1.83 bits per heavy atom. The minimum absolute atomic E-state index is 0.0913. The van der Waals surface area contributed by atoms with Crippen molar-refractivity contribution in [1.29, 1.82) is 0 Å². The molecule has 0 heterocycles. The van der Waals surface area contributed by atoms with E-state index in [4.69, 9.17) is 22.3 Å². The van der Waals surface area contributed by atoms with Gasteiger partial charge in [0.15, 0.2) is 5.76 Å². The van der Waals surface area contributed by atoms with Gasteiger partial charge in [0.05, 0.1) is 5.56 Å². The highest BCUT2D eigenvalue weighted by Crippen LogP contribution is 2.35. The van der Waals surface area contributed by atoms with Crippen LogP contribution in [-0.4, -0.2) is 5.11 Å². The van der Waals surface area contributed by atoms with Crippen LogP contribution >= 0.6 is 11.6 Å². The normalized spacial score (nSPS) is 12.0. The van der Waals surface area contributed by atoms with Gasteiger partial charge < -0.3 is 9.94 Å². The van der Waals surface area contributed by atoms with Crippen LogP contribution in [0.5, 0.6) is 5.75 Å². The van der Waals surface area contributed by atoms with Gasteiger partial charge in [0, 0.05) is 10.6 Å². The Kier molecular flexibility index (Phi) is 6.08. The largest absolute Gasteiger partial charge is 0.507 e. The molecule has 0 unspecified atom stereocenters. The number of phenolic OH excluding ortho intramolecular Hbond substituents is 1. The Balaban J connectivity index is 2.61. The van der Waals surface area contributed by atoms with Crippen LogP contribution in [0.25, 0.3) is 11.3 Å². The lowest BCUT2D eigenvalue weighted by atomic mass is 9.95. The van der Waals surface area contributed by atoms with Crippen molar-refractivity contribution in [2.75, 3.05) is 0 Å². The lowest BCUT2D eigenvalue weighted by Gasteiger charge is -2.15. The second kappa shape index (κ2) is 8.04. The highest BCUT2D eigenvalue weighted by Gasteiger charge is 2.16. The molecule has 0 aliphatic rings. The van der Waals surface area contributed by atoms with E-state index < -0.39 is 0 Å². The van der Waals surface area contributed by atoms with Crippen molar-refractivity contribution in [3.8, 4) is 5.75 Å². The molecule has 3 N–H and O–H groups in total. The standard InChI is InChI=1S/C19H22ClNO2/c1-3-5-16(14-8-6-13(4-2)7-9-14)19(23-21)17-12-15(20)10-11-18(17)22/h6-12,22H,3-5,21H2,1-2H3/b19-16+. The summed E-state index contributed by atoms with van der Waals surface area (Å²) in [4.78, 5) is 5.16. The van der Waals surface area contributed by atoms with Gasteiger partial charge in [-0.25, -0.2) is 0 Å². The van der Waals surface area contributed by atoms with E-state index in [2.05, 4.69) is 38.1 Å². The lowest BCUT2D eigenvalue weighted by Crippen LogP contribution is -2.03. The van der Waals surface area contributed by atoms with Gasteiger partial charge in [0.1, 0.15) is 5.75 Å². The molecule has 0 amide bonds. The first-order chi connectivity index (χ1) is 11.1. The van der Waals surface area contributed by atoms with Crippen molar-refractivity contribution in [2.45, 2.75) is 33.1 Å². The molecular formula is C19H22ClNO2. The topological polar surface area (TPSA) is 55.5 Å². The molecule has 0 saturated carbocycles. The van der Waals surface area contributed by atoms with Crippen LogP contribution in [0.15, 0.2) is 42.5 Å². The van der Waals surface area contributed by atoms with Crippen molar-refractivity contribution >= 4 is 22.9 Å². The molecule has 0 saturated heterocycles. The second-order valence-electron chi connectivity index (χ2n) is 5.39. The number of halogens is 1. The maximum Gasteiger partial charge on any atom is 0.161 e. The first-order valence-electron chi connectivity index (χ1n) is 7.78. The van der Waals surface area contributed by atoms with Gasteiger partial charge in [0.25, 0.3) is 0 Å². The molecule has 0 fully saturated rings. The van der Waals surface area contributed by atoms with Crippen LogP contribution in [0.3, 0.4) is 0 Å². The minimum Gasteiger partial charge on any atom is -0.507 e. The molecule has 2 aromatic rings. The molecule has 122 valence electrons. The molecule has 0 atom stereocenters. The third-order valence-corrected chi connectivity index (χ3v) is 4.04. The monoisotopic (exact) mass is 331 g/mol. The van der Waals surface area contributed by atoms with E-state index in [0.29, 0.717) is 16.3 Å². The minimum atomic E-state index is 0.0913. The number of hydrogen-bond acceptors (Lipinski definition) is 3. The third kappa shape index (κ3) is 4.06. The molecule has 4 heteroatoms. The zero-order valence-corrected chi connectivity index (χ0v) is 14.2. The summed E-state index contributed by atoms with van der Waals surface area (Å²) in [5.41, 5.74) is 3.76. The molecule has 0 radical (unpaired) electrons. The number of allylic oxidation sites excluding steroid dienone is 1. The maximum atomic E-state index is 10.2. The maximum absolute atomic E-state index is 10.2.